The number of nitrogens with one attached hydrogen (secondary N) is 1. The predicted molar refractivity (Wildman–Crippen MR) is 291 cm³/mol. The third-order valence-corrected chi connectivity index (χ3v) is 16.2. The first kappa shape index (κ1) is 83.3. The third-order valence-electron chi connectivity index (χ3n) is 13.6. The van der Waals surface area contributed by atoms with E-state index < -0.39 is 30.6 Å². The third kappa shape index (κ3) is 21.6. The van der Waals surface area contributed by atoms with Gasteiger partial charge >= 0.3 is 0 Å². The first-order chi connectivity index (χ1) is 30.7. The molecule has 418 valence electrons. The zero-order chi connectivity index (χ0) is 50.4. The zero-order valence-electron chi connectivity index (χ0n) is 44.5. The summed E-state index contributed by atoms with van der Waals surface area (Å²) in [6, 6.07) is -1.61. The SMILES string of the molecule is C.CPC.N=O.[B][C@@H]1O[C@@](CC)(CCC)[C@H](C)C1OC.[B][C@@H]1O[C@@](CC)(CCO)[C@H](C)C1OC.[B][C@@H]1O[C@@](CO)(CCBr)[C@H](C)C1OC.[B][C@@H]1O[C@@]2(CCP(C)(=O)OC2)[C@H](OPC)C1OC.[CH3-].[CH3-].[Ni].[Ni]. The molecular weight excluding hydrogens is 1110 g/mol. The van der Waals surface area contributed by atoms with Gasteiger partial charge in [-0.15, -0.1) is 8.58 Å². The summed E-state index contributed by atoms with van der Waals surface area (Å²) in [5.41, 5.74) is 2.96. The molecule has 70 heavy (non-hydrogen) atoms. The Kier molecular flexibility index (Phi) is 48.8. The van der Waals surface area contributed by atoms with Crippen LogP contribution >= 0.6 is 40.7 Å². The molecule has 0 amide bonds. The number of aliphatic hydroxyl groups is 2. The maximum Gasteiger partial charge on any atom is 0.200 e. The van der Waals surface area contributed by atoms with Crippen molar-refractivity contribution in [2.45, 2.75) is 171 Å². The van der Waals surface area contributed by atoms with Crippen LogP contribution in [0.4, 0.5) is 0 Å². The molecule has 5 aliphatic heterocycles. The fourth-order valence-electron chi connectivity index (χ4n) is 9.69. The molecular formula is C45H93B4BrNNi2O14P3-2. The quantitative estimate of drug-likeness (QED) is 0.0481. The van der Waals surface area contributed by atoms with Gasteiger partial charge < -0.3 is 72.0 Å². The van der Waals surface area contributed by atoms with E-state index in [9.17, 15) is 9.67 Å². The fraction of sp³-hybridized carbons (Fsp3) is 0.956. The number of hydrogen-bond donors (Lipinski definition) is 3. The molecule has 0 saturated carbocycles. The summed E-state index contributed by atoms with van der Waals surface area (Å²) in [4.78, 5) is 7.50. The molecule has 0 aromatic heterocycles. The molecule has 5 heterocycles. The molecule has 0 aromatic rings. The molecule has 5 aliphatic rings. The van der Waals surface area contributed by atoms with Crippen molar-refractivity contribution in [2.24, 2.45) is 17.8 Å². The molecule has 0 aliphatic carbocycles. The summed E-state index contributed by atoms with van der Waals surface area (Å²) in [6.45, 7) is 20.9. The van der Waals surface area contributed by atoms with Crippen LogP contribution in [0.2, 0.25) is 0 Å². The summed E-state index contributed by atoms with van der Waals surface area (Å²) in [7, 11) is 29.0. The Morgan fingerprint density at radius 3 is 1.36 bits per heavy atom. The minimum Gasteiger partial charge on any atom is -0.396 e. The number of rotatable bonds is 15. The van der Waals surface area contributed by atoms with E-state index in [0.29, 0.717) is 33.7 Å². The zero-order valence-corrected chi connectivity index (χ0v) is 50.9. The number of halogens is 1. The molecule has 15 nitrogen and oxygen atoms in total. The Morgan fingerprint density at radius 1 is 0.700 bits per heavy atom. The summed E-state index contributed by atoms with van der Waals surface area (Å²) < 4.78 is 67.6. The Balaban J connectivity index is -0.000000186. The van der Waals surface area contributed by atoms with Crippen LogP contribution in [-0.2, 0) is 84.5 Å². The van der Waals surface area contributed by atoms with Gasteiger partial charge in [0.05, 0.1) is 48.3 Å². The van der Waals surface area contributed by atoms with E-state index in [1.54, 1.807) is 35.1 Å². The van der Waals surface area contributed by atoms with E-state index in [1.165, 1.54) is 0 Å². The van der Waals surface area contributed by atoms with Gasteiger partial charge in [0.1, 0.15) is 49.2 Å². The standard InChI is InChI=1S/C11H21BO2.C10H19BO5P2.C10H19BO3.C9H16BBrO3.C2H7P.CH4.2CH3.HNO.2Ni/c1-5-7-11(6-2)8(3)9(13-4)10(12)14-11;1-13-7-8(16-17-2)10(15-9(7)11)4-5-18(3,12)14-6-10;1-4-10(5-6-12)7(2)8(13-3)9(11)14-10;1-6-7(13-2)8(10)14-9(6,5-12)3-4-11;1-3-2;;;;1-2;;/h8-10H,5-7H2,1-4H3;7-9,17H,4-6H2,1-3H3;7-9,12H,4-6H2,1-3H3;6-8,12H,3-5H2,1-2H3;3H,1-2H3;1H4;2*1H3;1H;;/q;;;;;;2*-1;;;/t8-,9?,10-,11+;7?,8-,9-,10-,18?;7-,8?,9-,10+;6-,7?,8-,9-;;;;;;;/m1111......./s1. The molecule has 5 rings (SSSR count). The van der Waals surface area contributed by atoms with Gasteiger partial charge in [-0.3, -0.25) is 4.57 Å². The second kappa shape index (κ2) is 41.0. The van der Waals surface area contributed by atoms with Crippen molar-refractivity contribution in [1.82, 2.24) is 0 Å². The minimum atomic E-state index is -2.47. The maximum atomic E-state index is 11.9. The second-order valence-electron chi connectivity index (χ2n) is 17.3. The van der Waals surface area contributed by atoms with Crippen molar-refractivity contribution in [1.29, 1.82) is 5.59 Å². The van der Waals surface area contributed by atoms with Crippen LogP contribution in [-0.4, -0.2) is 205 Å². The topological polar surface area (TPSA) is 191 Å². The van der Waals surface area contributed by atoms with Gasteiger partial charge in [0.25, 0.3) is 0 Å². The summed E-state index contributed by atoms with van der Waals surface area (Å²) in [5, 5.41) is 19.2. The Bertz CT molecular complexity index is 1250. The van der Waals surface area contributed by atoms with Crippen molar-refractivity contribution in [3.8, 4) is 0 Å². The minimum absolute atomic E-state index is 0. The molecule has 0 aromatic carbocycles. The van der Waals surface area contributed by atoms with E-state index in [1.807, 2.05) is 13.6 Å². The van der Waals surface area contributed by atoms with Gasteiger partial charge in [0, 0.05) is 137 Å². The van der Waals surface area contributed by atoms with Crippen molar-refractivity contribution in [3.63, 3.8) is 0 Å². The molecule has 5 saturated heterocycles. The van der Waals surface area contributed by atoms with Gasteiger partial charge in [-0.1, -0.05) is 76.9 Å². The number of ether oxygens (including phenoxy) is 8. The first-order valence-electron chi connectivity index (χ1n) is 22.6. The smallest absolute Gasteiger partial charge is 0.200 e. The van der Waals surface area contributed by atoms with E-state index in [-0.39, 0.29) is 141 Å². The van der Waals surface area contributed by atoms with Gasteiger partial charge in [0.15, 0.2) is 7.37 Å². The van der Waals surface area contributed by atoms with Gasteiger partial charge in [-0.05, 0) is 58.5 Å². The molecule has 0 bridgehead atoms. The van der Waals surface area contributed by atoms with Crippen LogP contribution in [0, 0.1) is 43.1 Å². The van der Waals surface area contributed by atoms with Crippen molar-refractivity contribution >= 4 is 72.1 Å². The monoisotopic (exact) mass is 1200 g/mol. The fourth-order valence-corrected chi connectivity index (χ4v) is 12.4. The van der Waals surface area contributed by atoms with Crippen molar-refractivity contribution in [2.75, 3.05) is 86.4 Å². The van der Waals surface area contributed by atoms with E-state index in [4.69, 9.17) is 88.3 Å². The predicted octanol–water partition coefficient (Wildman–Crippen LogP) is 7.47. The van der Waals surface area contributed by atoms with E-state index >= 15 is 0 Å². The molecule has 25 heteroatoms. The van der Waals surface area contributed by atoms with Gasteiger partial charge in [-0.2, -0.15) is 4.91 Å². The van der Waals surface area contributed by atoms with Crippen LogP contribution in [0.5, 0.6) is 0 Å². The van der Waals surface area contributed by atoms with Gasteiger partial charge in [0.2, 0.25) is 0 Å². The van der Waals surface area contributed by atoms with E-state index in [0.717, 1.165) is 46.0 Å². The molecule has 3 N–H and O–H groups in total. The van der Waals surface area contributed by atoms with E-state index in [2.05, 4.69) is 69.5 Å². The summed E-state index contributed by atoms with van der Waals surface area (Å²) in [6.07, 6.45) is 5.79. The summed E-state index contributed by atoms with van der Waals surface area (Å²) >= 11 is 3.35. The molecule has 1 spiro atoms. The number of alkyl halides is 1. The molecule has 6 unspecified atom stereocenters. The Hall–Kier alpha value is 1.94. The number of methoxy groups -OCH3 is 4. The molecule has 8 radical (unpaired) electrons. The number of hydrogen-bond acceptors (Lipinski definition) is 15. The second-order valence-corrected chi connectivity index (χ2v) is 22.5. The Morgan fingerprint density at radius 2 is 1.07 bits per heavy atom. The van der Waals surface area contributed by atoms with Gasteiger partial charge in [-0.25, -0.2) is 0 Å². The normalized spacial score (nSPS) is 38.8. The number of aliphatic hydroxyl groups excluding tert-OH is 2. The maximum absolute atomic E-state index is 11.9. The van der Waals surface area contributed by atoms with Crippen LogP contribution in [0.1, 0.15) is 93.9 Å². The Labute approximate surface area is 464 Å². The van der Waals surface area contributed by atoms with Crippen molar-refractivity contribution in [3.05, 3.63) is 19.8 Å². The van der Waals surface area contributed by atoms with Crippen LogP contribution in [0.15, 0.2) is 0 Å². The van der Waals surface area contributed by atoms with Crippen LogP contribution in [0.3, 0.4) is 0 Å². The van der Waals surface area contributed by atoms with Crippen molar-refractivity contribution < 1.29 is 94.7 Å². The van der Waals surface area contributed by atoms with Crippen LogP contribution < -0.4 is 0 Å². The first-order valence-corrected chi connectivity index (χ1v) is 29.4. The largest absolute Gasteiger partial charge is 0.396 e. The van der Waals surface area contributed by atoms with Crippen LogP contribution in [0.25, 0.3) is 0 Å². The molecule has 5 fully saturated rings. The number of nitroso groups, excluding NO2 is 1. The average molecular weight is 1210 g/mol. The summed E-state index contributed by atoms with van der Waals surface area (Å²) in [5.74, 6) is 0.706. The average Bonchev–Trinajstić information content (AvgIpc) is 3.88. The molecule has 18 atom stereocenters.